The third kappa shape index (κ3) is 4.45. The molecule has 0 saturated heterocycles. The number of hydrogen-bond donors (Lipinski definition) is 0. The molecule has 17 heavy (non-hydrogen) atoms. The van der Waals surface area contributed by atoms with Gasteiger partial charge in [0.2, 0.25) is 5.91 Å². The van der Waals surface area contributed by atoms with Gasteiger partial charge in [0.25, 0.3) is 0 Å². The summed E-state index contributed by atoms with van der Waals surface area (Å²) in [7, 11) is 0. The van der Waals surface area contributed by atoms with Gasteiger partial charge in [-0.05, 0) is 18.6 Å². The van der Waals surface area contributed by atoms with E-state index in [9.17, 15) is 4.79 Å². The van der Waals surface area contributed by atoms with Crippen molar-refractivity contribution in [3.63, 3.8) is 0 Å². The summed E-state index contributed by atoms with van der Waals surface area (Å²) in [6.07, 6.45) is 2.51. The van der Waals surface area contributed by atoms with Crippen LogP contribution >= 0.6 is 38.9 Å². The molecule has 1 rings (SSSR count). The third-order valence-corrected chi connectivity index (χ3v) is 4.52. The Morgan fingerprint density at radius 1 is 1.71 bits per heavy atom. The van der Waals surface area contributed by atoms with Crippen molar-refractivity contribution < 1.29 is 4.79 Å². The molecule has 0 aliphatic rings. The Hall–Kier alpha value is -0.320. The highest BCUT2D eigenvalue weighted by atomic mass is 79.9. The number of nitrogens with zero attached hydrogens (tertiary/aromatic N) is 1. The molecule has 1 heterocycles. The minimum atomic E-state index is -0.127. The van der Waals surface area contributed by atoms with Crippen LogP contribution in [0.4, 0.5) is 0 Å². The summed E-state index contributed by atoms with van der Waals surface area (Å²) in [5, 5.41) is 0. The zero-order valence-electron chi connectivity index (χ0n) is 9.66. The number of carbonyl (C=O) groups excluding carboxylic acids is 1. The Morgan fingerprint density at radius 3 is 2.88 bits per heavy atom. The smallest absolute Gasteiger partial charge is 0.236 e. The minimum absolute atomic E-state index is 0.0944. The lowest BCUT2D eigenvalue weighted by atomic mass is 10.3. The highest BCUT2D eigenvalue weighted by molar-refractivity contribution is 9.10. The van der Waals surface area contributed by atoms with Crippen molar-refractivity contribution in [2.24, 2.45) is 0 Å². The molecule has 1 aromatic heterocycles. The Kier molecular flexibility index (Phi) is 6.23. The maximum atomic E-state index is 12.1. The average Bonchev–Trinajstić information content (AvgIpc) is 2.72. The molecule has 1 atom stereocenters. The summed E-state index contributed by atoms with van der Waals surface area (Å²) in [5.41, 5.74) is 0. The fourth-order valence-corrected chi connectivity index (χ4v) is 2.78. The van der Waals surface area contributed by atoms with Crippen LogP contribution in [0.2, 0.25) is 4.34 Å². The first kappa shape index (κ1) is 14.7. The zero-order chi connectivity index (χ0) is 12.8. The van der Waals surface area contributed by atoms with Crippen molar-refractivity contribution in [3.8, 4) is 0 Å². The summed E-state index contributed by atoms with van der Waals surface area (Å²) in [5.74, 6) is 0.0944. The van der Waals surface area contributed by atoms with Gasteiger partial charge in [-0.1, -0.05) is 40.5 Å². The normalized spacial score (nSPS) is 12.2. The molecule has 2 nitrogen and oxygen atoms in total. The standard InChI is InChI=1S/C12H15BrClNOS/c1-3-7-15(12(16)10(13)4-2)8-9-5-6-11(14)17-9/h3,5-6,10H,1,4,7-8H2,2H3. The minimum Gasteiger partial charge on any atom is -0.333 e. The number of thiophene rings is 1. The molecule has 0 aromatic carbocycles. The Bertz CT molecular complexity index is 394. The molecule has 1 aromatic rings. The third-order valence-electron chi connectivity index (χ3n) is 2.26. The summed E-state index contributed by atoms with van der Waals surface area (Å²) in [4.78, 5) is 14.8. The van der Waals surface area contributed by atoms with Gasteiger partial charge in [0, 0.05) is 11.4 Å². The van der Waals surface area contributed by atoms with Crippen LogP contribution in [-0.4, -0.2) is 22.2 Å². The lowest BCUT2D eigenvalue weighted by molar-refractivity contribution is -0.130. The van der Waals surface area contributed by atoms with E-state index in [4.69, 9.17) is 11.6 Å². The van der Waals surface area contributed by atoms with E-state index in [0.29, 0.717) is 13.1 Å². The van der Waals surface area contributed by atoms with Crippen LogP contribution in [0.15, 0.2) is 24.8 Å². The van der Waals surface area contributed by atoms with Crippen LogP contribution in [-0.2, 0) is 11.3 Å². The van der Waals surface area contributed by atoms with Crippen molar-refractivity contribution in [1.82, 2.24) is 4.90 Å². The predicted octanol–water partition coefficient (Wildman–Crippen LogP) is 4.09. The first-order valence-electron chi connectivity index (χ1n) is 5.36. The lowest BCUT2D eigenvalue weighted by Gasteiger charge is -2.22. The first-order valence-corrected chi connectivity index (χ1v) is 7.47. The molecule has 5 heteroatoms. The molecule has 0 fully saturated rings. The molecule has 0 radical (unpaired) electrons. The van der Waals surface area contributed by atoms with Gasteiger partial charge < -0.3 is 4.90 Å². The number of carbonyl (C=O) groups is 1. The van der Waals surface area contributed by atoms with Gasteiger partial charge in [-0.3, -0.25) is 4.79 Å². The van der Waals surface area contributed by atoms with Crippen molar-refractivity contribution in [2.45, 2.75) is 24.7 Å². The maximum Gasteiger partial charge on any atom is 0.236 e. The molecule has 1 unspecified atom stereocenters. The van der Waals surface area contributed by atoms with Gasteiger partial charge in [0.15, 0.2) is 0 Å². The highest BCUT2D eigenvalue weighted by Gasteiger charge is 2.20. The molecular weight excluding hydrogens is 322 g/mol. The SMILES string of the molecule is C=CCN(Cc1ccc(Cl)s1)C(=O)C(Br)CC. The van der Waals surface area contributed by atoms with Crippen LogP contribution in [0, 0.1) is 0 Å². The van der Waals surface area contributed by atoms with Gasteiger partial charge in [-0.2, -0.15) is 0 Å². The van der Waals surface area contributed by atoms with Gasteiger partial charge in [-0.15, -0.1) is 17.9 Å². The molecular formula is C12H15BrClNOS. The number of halogens is 2. The van der Waals surface area contributed by atoms with Gasteiger partial charge in [0.05, 0.1) is 15.7 Å². The van der Waals surface area contributed by atoms with Crippen LogP contribution in [0.25, 0.3) is 0 Å². The van der Waals surface area contributed by atoms with E-state index >= 15 is 0 Å². The van der Waals surface area contributed by atoms with Gasteiger partial charge in [-0.25, -0.2) is 0 Å². The molecule has 0 bridgehead atoms. The largest absolute Gasteiger partial charge is 0.333 e. The van der Waals surface area contributed by atoms with Gasteiger partial charge in [0.1, 0.15) is 0 Å². The Morgan fingerprint density at radius 2 is 2.41 bits per heavy atom. The lowest BCUT2D eigenvalue weighted by Crippen LogP contribution is -2.35. The first-order chi connectivity index (χ1) is 8.08. The van der Waals surface area contributed by atoms with E-state index in [1.807, 2.05) is 19.1 Å². The van der Waals surface area contributed by atoms with E-state index in [1.165, 1.54) is 11.3 Å². The highest BCUT2D eigenvalue weighted by Crippen LogP contribution is 2.23. The fourth-order valence-electron chi connectivity index (χ4n) is 1.39. The van der Waals surface area contributed by atoms with E-state index in [1.54, 1.807) is 11.0 Å². The maximum absolute atomic E-state index is 12.1. The molecule has 0 spiro atoms. The van der Waals surface area contributed by atoms with Crippen LogP contribution < -0.4 is 0 Å². The molecule has 1 amide bonds. The number of rotatable bonds is 6. The zero-order valence-corrected chi connectivity index (χ0v) is 12.8. The van der Waals surface area contributed by atoms with Crippen molar-refractivity contribution >= 4 is 44.8 Å². The second-order valence-electron chi connectivity index (χ2n) is 3.59. The van der Waals surface area contributed by atoms with Crippen LogP contribution in [0.1, 0.15) is 18.2 Å². The number of hydrogen-bond acceptors (Lipinski definition) is 2. The number of alkyl halides is 1. The Labute approximate surface area is 119 Å². The van der Waals surface area contributed by atoms with Crippen molar-refractivity contribution in [3.05, 3.63) is 34.0 Å². The topological polar surface area (TPSA) is 20.3 Å². The second kappa shape index (κ2) is 7.19. The fraction of sp³-hybridized carbons (Fsp3) is 0.417. The van der Waals surface area contributed by atoms with Crippen LogP contribution in [0.3, 0.4) is 0 Å². The summed E-state index contributed by atoms with van der Waals surface area (Å²) in [6, 6.07) is 3.80. The second-order valence-corrected chi connectivity index (χ2v) is 6.49. The molecule has 0 aliphatic heterocycles. The molecule has 0 aliphatic carbocycles. The monoisotopic (exact) mass is 335 g/mol. The van der Waals surface area contributed by atoms with Crippen LogP contribution in [0.5, 0.6) is 0 Å². The summed E-state index contributed by atoms with van der Waals surface area (Å²) in [6.45, 7) is 6.80. The van der Waals surface area contributed by atoms with E-state index in [-0.39, 0.29) is 10.7 Å². The van der Waals surface area contributed by atoms with E-state index in [2.05, 4.69) is 22.5 Å². The number of amides is 1. The van der Waals surface area contributed by atoms with Crippen molar-refractivity contribution in [2.75, 3.05) is 6.54 Å². The summed E-state index contributed by atoms with van der Waals surface area (Å²) >= 11 is 10.8. The quantitative estimate of drug-likeness (QED) is 0.566. The summed E-state index contributed by atoms with van der Waals surface area (Å²) < 4.78 is 0.747. The van der Waals surface area contributed by atoms with E-state index < -0.39 is 0 Å². The molecule has 0 saturated carbocycles. The van der Waals surface area contributed by atoms with Crippen molar-refractivity contribution in [1.29, 1.82) is 0 Å². The van der Waals surface area contributed by atoms with Gasteiger partial charge >= 0.3 is 0 Å². The Balaban J connectivity index is 2.72. The predicted molar refractivity (Wildman–Crippen MR) is 77.9 cm³/mol. The molecule has 94 valence electrons. The van der Waals surface area contributed by atoms with E-state index in [0.717, 1.165) is 15.6 Å². The molecule has 0 N–H and O–H groups in total. The average molecular weight is 337 g/mol.